The van der Waals surface area contributed by atoms with Crippen molar-refractivity contribution in [2.24, 2.45) is 0 Å². The SMILES string of the molecule is [CH3][Al]([CH3])[C]#CCCCCl. The van der Waals surface area contributed by atoms with Gasteiger partial charge < -0.3 is 0 Å². The highest BCUT2D eigenvalue weighted by molar-refractivity contribution is 6.64. The molecule has 0 radical (unpaired) electrons. The Morgan fingerprint density at radius 2 is 2.11 bits per heavy atom. The van der Waals surface area contributed by atoms with Crippen LogP contribution in [0.5, 0.6) is 0 Å². The van der Waals surface area contributed by atoms with Crippen LogP contribution in [0.1, 0.15) is 12.8 Å². The maximum absolute atomic E-state index is 5.46. The average Bonchev–Trinajstić information content (AvgIpc) is 1.80. The number of rotatable bonds is 2. The van der Waals surface area contributed by atoms with Crippen LogP contribution >= 0.6 is 11.6 Å². The van der Waals surface area contributed by atoms with Crippen LogP contribution in [0.4, 0.5) is 0 Å². The highest BCUT2D eigenvalue weighted by Gasteiger charge is 1.92. The van der Waals surface area contributed by atoms with Crippen molar-refractivity contribution < 1.29 is 0 Å². The van der Waals surface area contributed by atoms with Gasteiger partial charge in [-0.1, -0.05) is 11.6 Å². The van der Waals surface area contributed by atoms with Gasteiger partial charge in [-0.3, -0.25) is 0 Å². The molecule has 0 fully saturated rings. The first-order valence-electron chi connectivity index (χ1n) is 3.31. The molecular weight excluding hydrogens is 147 g/mol. The average molecular weight is 159 g/mol. The van der Waals surface area contributed by atoms with E-state index in [0.29, 0.717) is 0 Å². The van der Waals surface area contributed by atoms with Gasteiger partial charge in [-0.15, -0.1) is 17.5 Å². The maximum Gasteiger partial charge on any atom is 0.369 e. The highest BCUT2D eigenvalue weighted by Crippen LogP contribution is 1.88. The molecule has 0 spiro atoms. The number of halogens is 1. The number of hydrogen-bond acceptors (Lipinski definition) is 0. The molecule has 0 bridgehead atoms. The molecule has 0 aliphatic rings. The van der Waals surface area contributed by atoms with Gasteiger partial charge in [0.25, 0.3) is 0 Å². The van der Waals surface area contributed by atoms with E-state index in [1.54, 1.807) is 0 Å². The Morgan fingerprint density at radius 3 is 2.56 bits per heavy atom. The smallest absolute Gasteiger partial charge is 0.205 e. The number of alkyl halides is 1. The van der Waals surface area contributed by atoms with Crippen LogP contribution in [0.2, 0.25) is 11.6 Å². The van der Waals surface area contributed by atoms with Crippen molar-refractivity contribution in [3.63, 3.8) is 0 Å². The molecule has 0 nitrogen and oxygen atoms in total. The molecule has 0 aromatic heterocycles. The van der Waals surface area contributed by atoms with Gasteiger partial charge in [0.05, 0.1) is 0 Å². The van der Waals surface area contributed by atoms with Gasteiger partial charge >= 0.3 is 14.1 Å². The summed E-state index contributed by atoms with van der Waals surface area (Å²) in [5, 5.41) is 0. The Kier molecular flexibility index (Phi) is 6.78. The Bertz CT molecular complexity index is 110. The lowest BCUT2D eigenvalue weighted by Crippen LogP contribution is -1.92. The summed E-state index contributed by atoms with van der Waals surface area (Å²) in [6.45, 7) is 0. The standard InChI is InChI=1S/C5H6Cl.2CH3.Al/c1-2-3-4-5-6;;;/h3-5H2;2*1H3;. The normalized spacial score (nSPS) is 7.89. The van der Waals surface area contributed by atoms with E-state index < -0.39 is 14.1 Å². The minimum Gasteiger partial charge on any atom is -0.205 e. The molecule has 0 atom stereocenters. The lowest BCUT2D eigenvalue weighted by molar-refractivity contribution is 0.992. The molecular formula is C7H12AlCl. The zero-order chi connectivity index (χ0) is 7.11. The van der Waals surface area contributed by atoms with Gasteiger partial charge in [0.15, 0.2) is 0 Å². The van der Waals surface area contributed by atoms with Crippen LogP contribution in [-0.4, -0.2) is 20.0 Å². The second-order valence-electron chi connectivity index (χ2n) is 2.27. The summed E-state index contributed by atoms with van der Waals surface area (Å²) in [6, 6.07) is 0. The van der Waals surface area contributed by atoms with Crippen molar-refractivity contribution in [3.8, 4) is 10.7 Å². The second-order valence-corrected chi connectivity index (χ2v) is 5.24. The Labute approximate surface area is 67.0 Å². The fourth-order valence-corrected chi connectivity index (χ4v) is 1.12. The number of hydrogen-bond donors (Lipinski definition) is 0. The molecule has 0 saturated heterocycles. The molecule has 2 heteroatoms. The quantitative estimate of drug-likeness (QED) is 0.250. The van der Waals surface area contributed by atoms with Gasteiger partial charge in [0.1, 0.15) is 0 Å². The summed E-state index contributed by atoms with van der Waals surface area (Å²) in [6.07, 6.45) is 2.02. The van der Waals surface area contributed by atoms with Crippen molar-refractivity contribution in [3.05, 3.63) is 0 Å². The van der Waals surface area contributed by atoms with E-state index >= 15 is 0 Å². The fraction of sp³-hybridized carbons (Fsp3) is 0.714. The molecule has 0 aliphatic carbocycles. The first-order chi connectivity index (χ1) is 4.27. The largest absolute Gasteiger partial charge is 0.369 e. The van der Waals surface area contributed by atoms with E-state index in [1.165, 1.54) is 0 Å². The predicted molar refractivity (Wildman–Crippen MR) is 45.2 cm³/mol. The number of unbranched alkanes of at least 4 members (excludes halogenated alkanes) is 1. The summed E-state index contributed by atoms with van der Waals surface area (Å²) in [5.74, 6) is 8.32. The zero-order valence-electron chi connectivity index (χ0n) is 6.08. The summed E-state index contributed by atoms with van der Waals surface area (Å²) in [5.41, 5.74) is 0. The summed E-state index contributed by atoms with van der Waals surface area (Å²) < 4.78 is 0. The van der Waals surface area contributed by atoms with Crippen molar-refractivity contribution in [2.75, 3.05) is 5.88 Å². The lowest BCUT2D eigenvalue weighted by Gasteiger charge is -1.82. The van der Waals surface area contributed by atoms with Crippen LogP contribution in [0.15, 0.2) is 0 Å². The summed E-state index contributed by atoms with van der Waals surface area (Å²) >= 11 is 4.84. The minimum atomic E-state index is -0.617. The van der Waals surface area contributed by atoms with E-state index in [0.717, 1.165) is 18.7 Å². The zero-order valence-corrected chi connectivity index (χ0v) is 7.99. The molecule has 0 heterocycles. The summed E-state index contributed by atoms with van der Waals surface area (Å²) in [7, 11) is 0. The van der Waals surface area contributed by atoms with Crippen molar-refractivity contribution in [2.45, 2.75) is 24.4 Å². The highest BCUT2D eigenvalue weighted by atomic mass is 35.5. The van der Waals surface area contributed by atoms with Gasteiger partial charge in [-0.2, -0.15) is 0 Å². The van der Waals surface area contributed by atoms with Crippen LogP contribution in [0.25, 0.3) is 0 Å². The third kappa shape index (κ3) is 8.38. The third-order valence-corrected chi connectivity index (χ3v) is 1.87. The van der Waals surface area contributed by atoms with Crippen molar-refractivity contribution in [1.29, 1.82) is 0 Å². The molecule has 0 aliphatic heterocycles. The molecule has 50 valence electrons. The first kappa shape index (κ1) is 9.38. The van der Waals surface area contributed by atoms with Gasteiger partial charge in [-0.05, 0) is 6.42 Å². The predicted octanol–water partition coefficient (Wildman–Crippen LogP) is 2.30. The van der Waals surface area contributed by atoms with Crippen molar-refractivity contribution in [1.82, 2.24) is 0 Å². The molecule has 0 aromatic rings. The molecule has 0 aromatic carbocycles. The van der Waals surface area contributed by atoms with Gasteiger partial charge in [-0.25, -0.2) is 4.78 Å². The molecule has 0 unspecified atom stereocenters. The fourth-order valence-electron chi connectivity index (χ4n) is 0.431. The van der Waals surface area contributed by atoms with E-state index in [4.69, 9.17) is 11.6 Å². The molecule has 0 rings (SSSR count). The molecule has 0 amide bonds. The summed E-state index contributed by atoms with van der Waals surface area (Å²) in [4.78, 5) is 3.21. The topological polar surface area (TPSA) is 0 Å². The van der Waals surface area contributed by atoms with Crippen LogP contribution in [0, 0.1) is 10.7 Å². The van der Waals surface area contributed by atoms with Gasteiger partial charge in [0, 0.05) is 12.3 Å². The third-order valence-electron chi connectivity index (χ3n) is 0.826. The lowest BCUT2D eigenvalue weighted by atomic mass is 10.4. The van der Waals surface area contributed by atoms with Crippen LogP contribution < -0.4 is 0 Å². The Hall–Kier alpha value is 0.382. The minimum absolute atomic E-state index is 0.617. The van der Waals surface area contributed by atoms with Crippen molar-refractivity contribution >= 4 is 25.7 Å². The maximum atomic E-state index is 5.46. The second kappa shape index (κ2) is 6.50. The van der Waals surface area contributed by atoms with E-state index in [-0.39, 0.29) is 0 Å². The van der Waals surface area contributed by atoms with Gasteiger partial charge in [0.2, 0.25) is 0 Å². The molecule has 0 N–H and O–H groups in total. The van der Waals surface area contributed by atoms with E-state index in [9.17, 15) is 0 Å². The molecule has 9 heavy (non-hydrogen) atoms. The van der Waals surface area contributed by atoms with E-state index in [2.05, 4.69) is 22.3 Å². The van der Waals surface area contributed by atoms with Crippen LogP contribution in [-0.2, 0) is 0 Å². The Morgan fingerprint density at radius 1 is 1.44 bits per heavy atom. The monoisotopic (exact) mass is 158 g/mol. The van der Waals surface area contributed by atoms with Crippen LogP contribution in [0.3, 0.4) is 0 Å². The Balaban J connectivity index is 3.16. The molecule has 0 saturated carbocycles. The first-order valence-corrected chi connectivity index (χ1v) is 6.74. The van der Waals surface area contributed by atoms with E-state index in [1.807, 2.05) is 0 Å².